The Morgan fingerprint density at radius 3 is 2.35 bits per heavy atom. The number of aryl methyl sites for hydroxylation is 2. The Bertz CT molecular complexity index is 1090. The number of carbonyl (C=O) groups excluding carboxylic acids is 2. The Labute approximate surface area is 181 Å². The second-order valence-corrected chi connectivity index (χ2v) is 8.57. The first-order valence-corrected chi connectivity index (χ1v) is 10.2. The van der Waals surface area contributed by atoms with E-state index in [2.05, 4.69) is 10.5 Å². The molecule has 1 aromatic heterocycles. The van der Waals surface area contributed by atoms with E-state index in [4.69, 9.17) is 14.0 Å². The average Bonchev–Trinajstić information content (AvgIpc) is 3.01. The summed E-state index contributed by atoms with van der Waals surface area (Å²) in [5.41, 5.74) is 1.38. The molecule has 3 aromatic rings. The van der Waals surface area contributed by atoms with Crippen molar-refractivity contribution in [3.63, 3.8) is 0 Å². The standard InChI is InChI=1S/C24H28N2O5/c1-14-20(15(2)31-26-14)13-29-21-12-18-10-8-7-9-17(18)11-19(21)23(28)30-16(3)22(27)25-24(4,5)6/h7-12,16H,13H2,1-6H3,(H,25,27)/t16-/m1/s1. The fourth-order valence-corrected chi connectivity index (χ4v) is 3.11. The van der Waals surface area contributed by atoms with Crippen LogP contribution in [0.25, 0.3) is 10.8 Å². The molecule has 0 spiro atoms. The quantitative estimate of drug-likeness (QED) is 0.587. The Balaban J connectivity index is 1.87. The van der Waals surface area contributed by atoms with Crippen molar-refractivity contribution in [2.75, 3.05) is 0 Å². The van der Waals surface area contributed by atoms with Gasteiger partial charge >= 0.3 is 5.97 Å². The van der Waals surface area contributed by atoms with Gasteiger partial charge in [0.1, 0.15) is 23.7 Å². The van der Waals surface area contributed by atoms with E-state index in [-0.39, 0.29) is 18.1 Å². The molecule has 1 N–H and O–H groups in total. The first-order valence-electron chi connectivity index (χ1n) is 10.2. The molecule has 7 nitrogen and oxygen atoms in total. The van der Waals surface area contributed by atoms with E-state index in [0.29, 0.717) is 11.5 Å². The molecule has 7 heteroatoms. The number of fused-ring (bicyclic) bond motifs is 1. The maximum atomic E-state index is 13.0. The molecule has 0 bridgehead atoms. The van der Waals surface area contributed by atoms with Crippen molar-refractivity contribution < 1.29 is 23.6 Å². The predicted molar refractivity (Wildman–Crippen MR) is 117 cm³/mol. The lowest BCUT2D eigenvalue weighted by molar-refractivity contribution is -0.130. The van der Waals surface area contributed by atoms with Gasteiger partial charge in [0.25, 0.3) is 5.91 Å². The molecule has 0 unspecified atom stereocenters. The van der Waals surface area contributed by atoms with Crippen LogP contribution in [0.15, 0.2) is 40.9 Å². The molecule has 1 heterocycles. The molecular weight excluding hydrogens is 396 g/mol. The van der Waals surface area contributed by atoms with Gasteiger partial charge in [-0.2, -0.15) is 0 Å². The summed E-state index contributed by atoms with van der Waals surface area (Å²) in [6.45, 7) is 11.0. The zero-order valence-corrected chi connectivity index (χ0v) is 18.7. The minimum absolute atomic E-state index is 0.194. The smallest absolute Gasteiger partial charge is 0.342 e. The van der Waals surface area contributed by atoms with Crippen LogP contribution in [-0.4, -0.2) is 28.7 Å². The van der Waals surface area contributed by atoms with Gasteiger partial charge in [-0.3, -0.25) is 4.79 Å². The normalized spacial score (nSPS) is 12.5. The lowest BCUT2D eigenvalue weighted by atomic mass is 10.1. The fraction of sp³-hybridized carbons (Fsp3) is 0.375. The first kappa shape index (κ1) is 22.3. The van der Waals surface area contributed by atoms with Crippen LogP contribution < -0.4 is 10.1 Å². The van der Waals surface area contributed by atoms with Gasteiger partial charge in [-0.25, -0.2) is 4.79 Å². The van der Waals surface area contributed by atoms with E-state index in [1.807, 2.05) is 58.9 Å². The molecule has 0 aliphatic carbocycles. The second kappa shape index (κ2) is 8.79. The Hall–Kier alpha value is -3.35. The number of esters is 1. The molecule has 31 heavy (non-hydrogen) atoms. The van der Waals surface area contributed by atoms with Crippen molar-refractivity contribution in [1.29, 1.82) is 0 Å². The molecule has 2 aromatic carbocycles. The summed E-state index contributed by atoms with van der Waals surface area (Å²) in [4.78, 5) is 25.3. The van der Waals surface area contributed by atoms with Crippen molar-refractivity contribution in [1.82, 2.24) is 10.5 Å². The third kappa shape index (κ3) is 5.42. The summed E-state index contributed by atoms with van der Waals surface area (Å²) in [5.74, 6) is 0.0397. The van der Waals surface area contributed by atoms with Crippen LogP contribution in [0.3, 0.4) is 0 Å². The summed E-state index contributed by atoms with van der Waals surface area (Å²) in [5, 5.41) is 8.53. The van der Waals surface area contributed by atoms with Crippen LogP contribution in [0.1, 0.15) is 55.1 Å². The summed E-state index contributed by atoms with van der Waals surface area (Å²) >= 11 is 0. The Kier molecular flexibility index (Phi) is 6.34. The van der Waals surface area contributed by atoms with Gasteiger partial charge in [0.2, 0.25) is 0 Å². The van der Waals surface area contributed by atoms with E-state index < -0.39 is 17.6 Å². The van der Waals surface area contributed by atoms with Gasteiger partial charge in [-0.15, -0.1) is 0 Å². The number of rotatable bonds is 6. The van der Waals surface area contributed by atoms with E-state index in [9.17, 15) is 9.59 Å². The molecule has 3 rings (SSSR count). The van der Waals surface area contributed by atoms with Crippen molar-refractivity contribution in [2.24, 2.45) is 0 Å². The van der Waals surface area contributed by atoms with Crippen molar-refractivity contribution in [3.8, 4) is 5.75 Å². The molecule has 0 aliphatic rings. The highest BCUT2D eigenvalue weighted by atomic mass is 16.5. The third-order valence-corrected chi connectivity index (χ3v) is 4.77. The van der Waals surface area contributed by atoms with Gasteiger partial charge in [0, 0.05) is 5.54 Å². The van der Waals surface area contributed by atoms with Crippen molar-refractivity contribution in [2.45, 2.75) is 59.8 Å². The van der Waals surface area contributed by atoms with Gasteiger partial charge in [-0.1, -0.05) is 29.4 Å². The monoisotopic (exact) mass is 424 g/mol. The number of aromatic nitrogens is 1. The first-order chi connectivity index (χ1) is 14.5. The number of hydrogen-bond acceptors (Lipinski definition) is 6. The highest BCUT2D eigenvalue weighted by Crippen LogP contribution is 2.28. The largest absolute Gasteiger partial charge is 0.488 e. The minimum atomic E-state index is -0.950. The van der Waals surface area contributed by atoms with E-state index in [1.54, 1.807) is 19.1 Å². The summed E-state index contributed by atoms with van der Waals surface area (Å²) < 4.78 is 16.6. The van der Waals surface area contributed by atoms with Crippen molar-refractivity contribution in [3.05, 3.63) is 59.0 Å². The highest BCUT2D eigenvalue weighted by molar-refractivity contribution is 5.99. The Morgan fingerprint density at radius 1 is 1.13 bits per heavy atom. The predicted octanol–water partition coefficient (Wildman–Crippen LogP) is 4.48. The molecule has 0 fully saturated rings. The van der Waals surface area contributed by atoms with Crippen molar-refractivity contribution >= 4 is 22.6 Å². The molecule has 1 atom stereocenters. The Morgan fingerprint density at radius 2 is 1.77 bits per heavy atom. The molecule has 164 valence electrons. The van der Waals surface area contributed by atoms with Crippen LogP contribution in [0, 0.1) is 13.8 Å². The molecule has 0 saturated heterocycles. The minimum Gasteiger partial charge on any atom is -0.488 e. The molecule has 1 amide bonds. The summed E-state index contributed by atoms with van der Waals surface area (Å²) in [6, 6.07) is 11.2. The number of benzene rings is 2. The molecule has 0 aliphatic heterocycles. The van der Waals surface area contributed by atoms with Crippen LogP contribution in [0.5, 0.6) is 5.75 Å². The lowest BCUT2D eigenvalue weighted by Gasteiger charge is -2.23. The number of nitrogens with one attached hydrogen (secondary N) is 1. The SMILES string of the molecule is Cc1noc(C)c1COc1cc2ccccc2cc1C(=O)O[C@H](C)C(=O)NC(C)(C)C. The molecule has 0 radical (unpaired) electrons. The van der Waals surface area contributed by atoms with E-state index in [0.717, 1.165) is 22.0 Å². The summed E-state index contributed by atoms with van der Waals surface area (Å²) in [6.07, 6.45) is -0.950. The number of amides is 1. The zero-order valence-electron chi connectivity index (χ0n) is 18.7. The third-order valence-electron chi connectivity index (χ3n) is 4.77. The van der Waals surface area contributed by atoms with E-state index >= 15 is 0 Å². The maximum Gasteiger partial charge on any atom is 0.342 e. The van der Waals surface area contributed by atoms with Gasteiger partial charge in [-0.05, 0) is 64.4 Å². The van der Waals surface area contributed by atoms with E-state index in [1.165, 1.54) is 0 Å². The number of nitrogens with zero attached hydrogens (tertiary/aromatic N) is 1. The van der Waals surface area contributed by atoms with Crippen LogP contribution >= 0.6 is 0 Å². The summed E-state index contributed by atoms with van der Waals surface area (Å²) in [7, 11) is 0. The van der Waals surface area contributed by atoms with Crippen LogP contribution in [0.4, 0.5) is 0 Å². The fourth-order valence-electron chi connectivity index (χ4n) is 3.11. The molecule has 0 saturated carbocycles. The van der Waals surface area contributed by atoms with Gasteiger partial charge < -0.3 is 19.3 Å². The van der Waals surface area contributed by atoms with Gasteiger partial charge in [0.15, 0.2) is 6.10 Å². The molecular formula is C24H28N2O5. The zero-order chi connectivity index (χ0) is 22.8. The maximum absolute atomic E-state index is 13.0. The second-order valence-electron chi connectivity index (χ2n) is 8.57. The number of hydrogen-bond donors (Lipinski definition) is 1. The van der Waals surface area contributed by atoms with Gasteiger partial charge in [0.05, 0.1) is 11.3 Å². The highest BCUT2D eigenvalue weighted by Gasteiger charge is 2.25. The number of ether oxygens (including phenoxy) is 2. The lowest BCUT2D eigenvalue weighted by Crippen LogP contribution is -2.46. The topological polar surface area (TPSA) is 90.7 Å². The van der Waals surface area contributed by atoms with Crippen LogP contribution in [0.2, 0.25) is 0 Å². The number of carbonyl (C=O) groups is 2. The van der Waals surface area contributed by atoms with Crippen LogP contribution in [-0.2, 0) is 16.1 Å². The average molecular weight is 424 g/mol.